The van der Waals surface area contributed by atoms with Crippen molar-refractivity contribution < 1.29 is 204 Å². The van der Waals surface area contributed by atoms with Gasteiger partial charge in [-0.05, 0) is 6.92 Å². The third-order valence-corrected chi connectivity index (χ3v) is 16.9. The Balaban J connectivity index is 1.04. The number of aliphatic hydroxyl groups is 26. The Labute approximate surface area is 508 Å². The van der Waals surface area contributed by atoms with E-state index in [2.05, 4.69) is 0 Å². The molecule has 8 aliphatic rings. The lowest BCUT2D eigenvalue weighted by Gasteiger charge is -2.50. The van der Waals surface area contributed by atoms with Crippen LogP contribution in [0.3, 0.4) is 0 Å². The van der Waals surface area contributed by atoms with Crippen molar-refractivity contribution in [1.29, 1.82) is 0 Å². The highest BCUT2D eigenvalue weighted by molar-refractivity contribution is 5.02. The van der Waals surface area contributed by atoms with E-state index in [0.717, 1.165) is 6.92 Å². The normalized spacial score (nSPS) is 54.0. The van der Waals surface area contributed by atoms with E-state index in [1.807, 2.05) is 0 Å². The lowest BCUT2D eigenvalue weighted by atomic mass is 9.92. The van der Waals surface area contributed by atoms with E-state index in [9.17, 15) is 133 Å². The maximum Gasteiger partial charge on any atom is 0.192 e. The standard InChI is InChI=1S/C49H84O41/c1-49(75)41(74)37(86-47-40(31(69)23(61)14(6-54)82-47)89-48-39(30(68)22(60)15(7-55)83-48)88-45-34(72)28(66)20(58)12(4-52)80-45)25(63)17(90-49)9-76-42-35(73)36(85-43-32(70)26(64)18(56)10(2-50)78-43)24(62)16(84-42)8-77-46-38(29(67)21(59)13(5-53)81-46)87-44-33(71)27(65)19(57)11(3-51)79-44/h10-48,50-75H,2-9H2,1H3/t10-,11-,12-,13-,14-,15-,16-,17-,18-,19-,20-,21-,22-,23-,24-,25-,26+,27+,28+,29+,30+,31+,32+,33+,34+,35+,36+,37+,38+,39+,40+,41+,42+,43-,44-,45-,46+,47-,48-,49+/m1/s1. The lowest BCUT2D eigenvalue weighted by molar-refractivity contribution is -0.410. The van der Waals surface area contributed by atoms with E-state index in [-0.39, 0.29) is 0 Å². The van der Waals surface area contributed by atoms with Crippen LogP contribution in [0.5, 0.6) is 0 Å². The van der Waals surface area contributed by atoms with Crippen molar-refractivity contribution in [3.8, 4) is 0 Å². The molecule has 0 amide bonds. The molecule has 0 bridgehead atoms. The van der Waals surface area contributed by atoms with E-state index < -0.39 is 298 Å². The third kappa shape index (κ3) is 15.2. The number of rotatable bonds is 22. The van der Waals surface area contributed by atoms with Gasteiger partial charge in [-0.1, -0.05) is 0 Å². The first-order valence-corrected chi connectivity index (χ1v) is 28.6. The van der Waals surface area contributed by atoms with Gasteiger partial charge < -0.3 is 204 Å². The Morgan fingerprint density at radius 2 is 0.522 bits per heavy atom. The maximum atomic E-state index is 12.0. The van der Waals surface area contributed by atoms with Crippen molar-refractivity contribution in [1.82, 2.24) is 0 Å². The molecule has 0 spiro atoms. The molecule has 0 aliphatic carbocycles. The summed E-state index contributed by atoms with van der Waals surface area (Å²) in [5.41, 5.74) is 0. The predicted molar refractivity (Wildman–Crippen MR) is 269 cm³/mol. The Kier molecular flexibility index (Phi) is 25.8. The van der Waals surface area contributed by atoms with Gasteiger partial charge in [-0.25, -0.2) is 0 Å². The Bertz CT molecular complexity index is 2180. The van der Waals surface area contributed by atoms with Crippen molar-refractivity contribution in [2.75, 3.05) is 52.9 Å². The fraction of sp³-hybridized carbons (Fsp3) is 1.00. The van der Waals surface area contributed by atoms with Crippen molar-refractivity contribution in [3.63, 3.8) is 0 Å². The van der Waals surface area contributed by atoms with Crippen molar-refractivity contribution >= 4 is 0 Å². The van der Waals surface area contributed by atoms with Gasteiger partial charge in [0.15, 0.2) is 49.8 Å². The van der Waals surface area contributed by atoms with E-state index >= 15 is 0 Å². The van der Waals surface area contributed by atoms with Crippen LogP contribution in [0.2, 0.25) is 0 Å². The van der Waals surface area contributed by atoms with Crippen LogP contribution in [0.15, 0.2) is 0 Å². The van der Waals surface area contributed by atoms with Crippen LogP contribution in [0.4, 0.5) is 0 Å². The minimum Gasteiger partial charge on any atom is -0.394 e. The zero-order chi connectivity index (χ0) is 66.3. The van der Waals surface area contributed by atoms with Crippen LogP contribution in [-0.2, 0) is 71.1 Å². The van der Waals surface area contributed by atoms with Crippen LogP contribution in [-0.4, -0.2) is 431 Å². The van der Waals surface area contributed by atoms with Gasteiger partial charge in [0, 0.05) is 0 Å². The van der Waals surface area contributed by atoms with Crippen LogP contribution in [0, 0.1) is 0 Å². The fourth-order valence-electron chi connectivity index (χ4n) is 11.4. The number of hydrogen-bond donors (Lipinski definition) is 26. The molecule has 8 heterocycles. The van der Waals surface area contributed by atoms with E-state index in [0.29, 0.717) is 0 Å². The van der Waals surface area contributed by atoms with Gasteiger partial charge in [-0.2, -0.15) is 0 Å². The molecule has 8 saturated heterocycles. The molecular weight excluding hydrogens is 1240 g/mol. The van der Waals surface area contributed by atoms with Gasteiger partial charge in [-0.15, -0.1) is 0 Å². The predicted octanol–water partition coefficient (Wildman–Crippen LogP) is -18.1. The average molecular weight is 1330 g/mol. The summed E-state index contributed by atoms with van der Waals surface area (Å²) in [5.74, 6) is -2.82. The van der Waals surface area contributed by atoms with Gasteiger partial charge in [0.1, 0.15) is 195 Å². The fourth-order valence-corrected chi connectivity index (χ4v) is 11.4. The summed E-state index contributed by atoms with van der Waals surface area (Å²) in [5, 5.41) is 280. The average Bonchev–Trinajstić information content (AvgIpc) is 1.20. The van der Waals surface area contributed by atoms with Gasteiger partial charge in [-0.3, -0.25) is 0 Å². The van der Waals surface area contributed by atoms with E-state index in [4.69, 9.17) is 71.1 Å². The first kappa shape index (κ1) is 74.2. The zero-order valence-electron chi connectivity index (χ0n) is 47.4. The molecule has 40 atom stereocenters. The summed E-state index contributed by atoms with van der Waals surface area (Å²) in [4.78, 5) is 0. The summed E-state index contributed by atoms with van der Waals surface area (Å²) >= 11 is 0. The highest BCUT2D eigenvalue weighted by Gasteiger charge is 2.60. The van der Waals surface area contributed by atoms with Crippen LogP contribution in [0.25, 0.3) is 0 Å². The molecule has 8 fully saturated rings. The van der Waals surface area contributed by atoms with E-state index in [1.165, 1.54) is 0 Å². The largest absolute Gasteiger partial charge is 0.394 e. The molecule has 0 unspecified atom stereocenters. The molecule has 41 nitrogen and oxygen atoms in total. The highest BCUT2D eigenvalue weighted by Crippen LogP contribution is 2.39. The second-order valence-electron chi connectivity index (χ2n) is 23.1. The first-order chi connectivity index (χ1) is 42.5. The summed E-state index contributed by atoms with van der Waals surface area (Å²) in [7, 11) is 0. The number of ether oxygens (including phenoxy) is 15. The number of aliphatic hydroxyl groups excluding tert-OH is 25. The molecule has 0 aromatic carbocycles. The molecule has 90 heavy (non-hydrogen) atoms. The first-order valence-electron chi connectivity index (χ1n) is 28.6. The van der Waals surface area contributed by atoms with Crippen LogP contribution < -0.4 is 0 Å². The molecule has 8 aliphatic heterocycles. The number of hydrogen-bond acceptors (Lipinski definition) is 41. The van der Waals surface area contributed by atoms with Gasteiger partial charge in [0.25, 0.3) is 0 Å². The lowest BCUT2D eigenvalue weighted by Crippen LogP contribution is -2.69. The van der Waals surface area contributed by atoms with Crippen LogP contribution >= 0.6 is 0 Å². The monoisotopic (exact) mass is 1330 g/mol. The summed E-state index contributed by atoms with van der Waals surface area (Å²) in [6.07, 6.45) is -79.6. The molecule has 41 heteroatoms. The SMILES string of the molecule is C[C@]1(O)O[C@H](CO[C@H]2O[C@H](CO[C@H]3O[C@H](CO)[C@@H](O)[C@H](O)[C@@H]3O[C@H]3O[C@H](CO)[C@@H](O)[C@H](O)[C@@H]3O)[C@@H](O)[C@H](O[C@H]3O[C@H](CO)[C@@H](O)[C@H](O)[C@@H]3O)[C@@H]2O)[C@@H](O)[C@H](O[C@H]2O[C@H](CO)[C@@H](O)[C@H](O)[C@@H]2O[C@H]2O[C@H](CO)[C@@H](O)[C@H](O)[C@@H]2O[C@H]2O[C@H](CO)[C@@H](O)[C@H](O)[C@@H]2O)[C@@H]1O. The van der Waals surface area contributed by atoms with Gasteiger partial charge >= 0.3 is 0 Å². The Morgan fingerprint density at radius 1 is 0.256 bits per heavy atom. The summed E-state index contributed by atoms with van der Waals surface area (Å²) < 4.78 is 85.4. The van der Waals surface area contributed by atoms with Crippen molar-refractivity contribution in [2.24, 2.45) is 0 Å². The molecule has 0 saturated carbocycles. The molecule has 26 N–H and O–H groups in total. The van der Waals surface area contributed by atoms with Gasteiger partial charge in [0.2, 0.25) is 0 Å². The molecule has 0 aromatic heterocycles. The molecular formula is C49H84O41. The van der Waals surface area contributed by atoms with E-state index in [1.54, 1.807) is 0 Å². The summed E-state index contributed by atoms with van der Waals surface area (Å²) in [6, 6.07) is 0. The van der Waals surface area contributed by atoms with Crippen molar-refractivity contribution in [2.45, 2.75) is 252 Å². The molecule has 8 rings (SSSR count). The Hall–Kier alpha value is -1.64. The Morgan fingerprint density at radius 3 is 0.900 bits per heavy atom. The molecule has 526 valence electrons. The summed E-state index contributed by atoms with van der Waals surface area (Å²) in [6.45, 7) is -7.24. The minimum absolute atomic E-state index is 0.843. The smallest absolute Gasteiger partial charge is 0.192 e. The van der Waals surface area contributed by atoms with Gasteiger partial charge in [0.05, 0.1) is 52.9 Å². The highest BCUT2D eigenvalue weighted by atomic mass is 16.8. The second kappa shape index (κ2) is 31.3. The minimum atomic E-state index is -2.82. The quantitative estimate of drug-likeness (QED) is 0.0479. The topological polar surface area (TPSA) is 664 Å². The maximum absolute atomic E-state index is 12.0. The van der Waals surface area contributed by atoms with Crippen LogP contribution in [0.1, 0.15) is 6.92 Å². The molecule has 0 radical (unpaired) electrons. The second-order valence-corrected chi connectivity index (χ2v) is 23.1. The molecule has 0 aromatic rings. The van der Waals surface area contributed by atoms with Crippen molar-refractivity contribution in [3.05, 3.63) is 0 Å². The zero-order valence-corrected chi connectivity index (χ0v) is 47.4. The third-order valence-electron chi connectivity index (χ3n) is 16.9.